The monoisotopic (exact) mass is 242 g/mol. The van der Waals surface area contributed by atoms with E-state index in [1.165, 1.54) is 6.92 Å². The first kappa shape index (κ1) is 29.4. The molecule has 0 amide bonds. The van der Waals surface area contributed by atoms with E-state index in [1.54, 1.807) is 0 Å². The van der Waals surface area contributed by atoms with Gasteiger partial charge in [0.1, 0.15) is 6.10 Å². The summed E-state index contributed by atoms with van der Waals surface area (Å²) in [6.07, 6.45) is -1.23. The first-order valence-corrected chi connectivity index (χ1v) is 1.55. The van der Waals surface area contributed by atoms with Crippen LogP contribution in [0.25, 0.3) is 0 Å². The number of carboxylic acid groups (broad SMARTS) is 1. The second kappa shape index (κ2) is 17.6. The molecule has 7 heteroatoms. The molecule has 0 bridgehead atoms. The van der Waals surface area contributed by atoms with Crippen molar-refractivity contribution in [1.29, 1.82) is 0 Å². The van der Waals surface area contributed by atoms with Gasteiger partial charge in [-0.3, -0.25) is 0 Å². The molecule has 1 atom stereocenters. The van der Waals surface area contributed by atoms with Gasteiger partial charge in [0.15, 0.2) is 0 Å². The zero-order valence-corrected chi connectivity index (χ0v) is 11.5. The predicted octanol–water partition coefficient (Wildman–Crippen LogP) is -7.08. The zero-order valence-electron chi connectivity index (χ0n) is 7.55. The van der Waals surface area contributed by atoms with Crippen molar-refractivity contribution < 1.29 is 42.7 Å². The van der Waals surface area contributed by atoms with Crippen LogP contribution in [0.4, 0.5) is 0 Å². The molecular formula is C3H8Ca2Cl2O3. The summed E-state index contributed by atoms with van der Waals surface area (Å²) in [7, 11) is 0. The molecule has 0 rings (SSSR count). The average molecular weight is 243 g/mol. The van der Waals surface area contributed by atoms with Gasteiger partial charge in [0.25, 0.3) is 0 Å². The summed E-state index contributed by atoms with van der Waals surface area (Å²) in [5, 5.41) is 15.8. The Bertz CT molecular complexity index is 78.6. The van der Waals surface area contributed by atoms with Crippen LogP contribution in [0.3, 0.4) is 0 Å². The van der Waals surface area contributed by atoms with Crippen LogP contribution in [0.2, 0.25) is 0 Å². The summed E-state index contributed by atoms with van der Waals surface area (Å²) in [6, 6.07) is 0. The molecule has 3 nitrogen and oxygen atoms in total. The van der Waals surface area contributed by atoms with E-state index in [2.05, 4.69) is 0 Å². The number of aliphatic hydroxyl groups is 1. The van der Waals surface area contributed by atoms with Crippen molar-refractivity contribution in [2.24, 2.45) is 0 Å². The summed E-state index contributed by atoms with van der Waals surface area (Å²) in [5.74, 6) is -1.19. The summed E-state index contributed by atoms with van der Waals surface area (Å²) in [4.78, 5) is 9.45. The fourth-order valence-corrected chi connectivity index (χ4v) is 0. The Kier molecular flexibility index (Phi) is 51.6. The fraction of sp³-hybridized carbons (Fsp3) is 0.667. The van der Waals surface area contributed by atoms with Crippen LogP contribution in [0.5, 0.6) is 0 Å². The smallest absolute Gasteiger partial charge is 1.00 e. The maximum absolute atomic E-state index is 9.45. The molecule has 0 fully saturated rings. The quantitative estimate of drug-likeness (QED) is 0.450. The first-order chi connectivity index (χ1) is 2.64. The summed E-state index contributed by atoms with van der Waals surface area (Å²) >= 11 is 0. The molecule has 56 valence electrons. The van der Waals surface area contributed by atoms with Crippen LogP contribution in [0.15, 0.2) is 0 Å². The maximum atomic E-state index is 9.45. The molecule has 0 spiro atoms. The van der Waals surface area contributed by atoms with Crippen LogP contribution in [-0.2, 0) is 4.79 Å². The Morgan fingerprint density at radius 1 is 1.40 bits per heavy atom. The second-order valence-corrected chi connectivity index (χ2v) is 1.01. The molecule has 10 heavy (non-hydrogen) atoms. The second-order valence-electron chi connectivity index (χ2n) is 1.01. The Hall–Kier alpha value is 2.53. The van der Waals surface area contributed by atoms with Crippen LogP contribution in [0, 0.1) is 0 Å². The number of rotatable bonds is 1. The van der Waals surface area contributed by atoms with Crippen molar-refractivity contribution >= 4 is 81.4 Å². The van der Waals surface area contributed by atoms with E-state index in [9.17, 15) is 4.79 Å². The van der Waals surface area contributed by atoms with E-state index in [0.29, 0.717) is 0 Å². The number of aliphatic hydroxyl groups excluding tert-OH is 1. The predicted molar refractivity (Wildman–Crippen MR) is 33.0 cm³/mol. The van der Waals surface area contributed by atoms with E-state index in [1.807, 2.05) is 0 Å². The Morgan fingerprint density at radius 2 is 1.50 bits per heavy atom. The largest absolute Gasteiger partial charge is 2.00 e. The van der Waals surface area contributed by atoms with Crippen LogP contribution in [-0.4, -0.2) is 97.8 Å². The van der Waals surface area contributed by atoms with E-state index in [0.717, 1.165) is 0 Å². The molecule has 0 saturated heterocycles. The molecule has 0 saturated carbocycles. The van der Waals surface area contributed by atoms with Crippen molar-refractivity contribution in [1.82, 2.24) is 0 Å². The van der Waals surface area contributed by atoms with Crippen molar-refractivity contribution in [2.45, 2.75) is 13.0 Å². The Balaban J connectivity index is -0.00000000833. The fourth-order valence-electron chi connectivity index (χ4n) is 0. The van der Waals surface area contributed by atoms with Gasteiger partial charge in [0.05, 0.1) is 0 Å². The van der Waals surface area contributed by atoms with Crippen molar-refractivity contribution in [3.8, 4) is 0 Å². The molecular weight excluding hydrogens is 235 g/mol. The van der Waals surface area contributed by atoms with E-state index in [4.69, 9.17) is 10.2 Å². The Labute approximate surface area is 135 Å². The molecule has 0 aromatic carbocycles. The minimum Gasteiger partial charge on any atom is -1.00 e. The summed E-state index contributed by atoms with van der Waals surface area (Å²) in [5.41, 5.74) is 0. The van der Waals surface area contributed by atoms with Gasteiger partial charge in [-0.2, -0.15) is 0 Å². The number of carboxylic acids is 1. The van der Waals surface area contributed by atoms with E-state index < -0.39 is 12.1 Å². The van der Waals surface area contributed by atoms with Crippen LogP contribution < -0.4 is 24.8 Å². The zero-order chi connectivity index (χ0) is 5.15. The first-order valence-electron chi connectivity index (χ1n) is 1.55. The molecule has 0 aromatic rings. The molecule has 0 aliphatic carbocycles. The number of halogens is 2. The van der Waals surface area contributed by atoms with Gasteiger partial charge in [-0.05, 0) is 6.92 Å². The molecule has 0 aliphatic heterocycles. The van der Waals surface area contributed by atoms with Gasteiger partial charge in [-0.15, -0.1) is 0 Å². The Morgan fingerprint density at radius 3 is 1.50 bits per heavy atom. The third kappa shape index (κ3) is 22.4. The molecule has 2 N–H and O–H groups in total. The maximum Gasteiger partial charge on any atom is 2.00 e. The van der Waals surface area contributed by atoms with E-state index in [-0.39, 0.29) is 103 Å². The van der Waals surface area contributed by atoms with Gasteiger partial charge in [-0.1, -0.05) is 0 Å². The van der Waals surface area contributed by atoms with Gasteiger partial charge < -0.3 is 37.9 Å². The SMILES string of the molecule is CC(O)C(=O)O.[Ca+2].[Ca+2].[Cl-].[Cl-].[H-].[H-]. The van der Waals surface area contributed by atoms with Gasteiger partial charge in [0, 0.05) is 0 Å². The average Bonchev–Trinajstić information content (AvgIpc) is 1.36. The van der Waals surface area contributed by atoms with Gasteiger partial charge >= 0.3 is 81.4 Å². The third-order valence-corrected chi connectivity index (χ3v) is 0.357. The summed E-state index contributed by atoms with van der Waals surface area (Å²) in [6.45, 7) is 1.20. The molecule has 0 radical (unpaired) electrons. The minimum absolute atomic E-state index is 0. The van der Waals surface area contributed by atoms with Crippen molar-refractivity contribution in [2.75, 3.05) is 0 Å². The number of carbonyl (C=O) groups is 1. The van der Waals surface area contributed by atoms with Crippen molar-refractivity contribution in [3.63, 3.8) is 0 Å². The van der Waals surface area contributed by atoms with Gasteiger partial charge in [0.2, 0.25) is 0 Å². The number of hydrogen-bond donors (Lipinski definition) is 2. The van der Waals surface area contributed by atoms with E-state index >= 15 is 0 Å². The molecule has 1 unspecified atom stereocenters. The van der Waals surface area contributed by atoms with Crippen LogP contribution in [0.1, 0.15) is 9.78 Å². The minimum atomic E-state index is -1.23. The molecule has 0 aromatic heterocycles. The number of hydrogen-bond acceptors (Lipinski definition) is 2. The van der Waals surface area contributed by atoms with Crippen molar-refractivity contribution in [3.05, 3.63) is 0 Å². The summed E-state index contributed by atoms with van der Waals surface area (Å²) < 4.78 is 0. The molecule has 0 aliphatic rings. The van der Waals surface area contributed by atoms with Crippen LogP contribution >= 0.6 is 0 Å². The normalized spacial score (nSPS) is 8.20. The van der Waals surface area contributed by atoms with Gasteiger partial charge in [-0.25, -0.2) is 4.79 Å². The third-order valence-electron chi connectivity index (χ3n) is 0.357. The molecule has 0 heterocycles. The topological polar surface area (TPSA) is 57.5 Å². The standard InChI is InChI=1S/C3H6O3.2Ca.2ClH.2H/c1-2(4)3(5)6;;;;;;/h2,4H,1H3,(H,5,6);;;2*1H;;/q;2*+2;;;2*-1/p-2. The number of aliphatic carboxylic acids is 1.